The van der Waals surface area contributed by atoms with Crippen molar-refractivity contribution in [1.29, 1.82) is 0 Å². The van der Waals surface area contributed by atoms with Crippen molar-refractivity contribution in [3.8, 4) is 0 Å². The number of benzene rings is 1. The molecule has 0 unspecified atom stereocenters. The van der Waals surface area contributed by atoms with Gasteiger partial charge in [0.1, 0.15) is 0 Å². The lowest BCUT2D eigenvalue weighted by Crippen LogP contribution is -2.11. The Balaban J connectivity index is 2.55. The Hall–Kier alpha value is -1.24. The second-order valence-corrected chi connectivity index (χ2v) is 5.46. The molecule has 1 heteroatoms. The standard InChI is InChI=1S/C15H23N/c1-12(2)10-11-16-14-8-6-13(7-9-14)15(3,4)5/h6-9,16H,1,10-11H2,2-5H3. The molecule has 1 nitrogen and oxygen atoms in total. The van der Waals surface area contributed by atoms with Crippen LogP contribution in [-0.2, 0) is 5.41 Å². The van der Waals surface area contributed by atoms with Crippen molar-refractivity contribution in [2.45, 2.75) is 39.5 Å². The molecule has 0 aliphatic rings. The van der Waals surface area contributed by atoms with E-state index in [4.69, 9.17) is 0 Å². The summed E-state index contributed by atoms with van der Waals surface area (Å²) in [5, 5.41) is 3.39. The summed E-state index contributed by atoms with van der Waals surface area (Å²) in [6.45, 7) is 13.6. The van der Waals surface area contributed by atoms with Gasteiger partial charge < -0.3 is 5.32 Å². The van der Waals surface area contributed by atoms with Gasteiger partial charge in [0.05, 0.1) is 0 Å². The van der Waals surface area contributed by atoms with Crippen LogP contribution in [0.2, 0.25) is 0 Å². The summed E-state index contributed by atoms with van der Waals surface area (Å²) in [5.41, 5.74) is 4.02. The molecule has 0 spiro atoms. The molecule has 0 aromatic heterocycles. The molecule has 0 bridgehead atoms. The van der Waals surface area contributed by atoms with E-state index in [2.05, 4.69) is 63.9 Å². The lowest BCUT2D eigenvalue weighted by molar-refractivity contribution is 0.590. The molecule has 16 heavy (non-hydrogen) atoms. The van der Waals surface area contributed by atoms with Gasteiger partial charge >= 0.3 is 0 Å². The maximum absolute atomic E-state index is 3.89. The normalized spacial score (nSPS) is 11.2. The van der Waals surface area contributed by atoms with E-state index in [1.807, 2.05) is 0 Å². The van der Waals surface area contributed by atoms with Crippen molar-refractivity contribution in [2.75, 3.05) is 11.9 Å². The summed E-state index contributed by atoms with van der Waals surface area (Å²) in [7, 11) is 0. The zero-order valence-electron chi connectivity index (χ0n) is 10.9. The van der Waals surface area contributed by atoms with E-state index in [1.165, 1.54) is 16.8 Å². The Morgan fingerprint density at radius 3 is 2.19 bits per heavy atom. The highest BCUT2D eigenvalue weighted by Crippen LogP contribution is 2.23. The Labute approximate surface area is 99.6 Å². The molecular formula is C15H23N. The minimum Gasteiger partial charge on any atom is -0.385 e. The van der Waals surface area contributed by atoms with E-state index in [9.17, 15) is 0 Å². The Bertz CT molecular complexity index is 341. The van der Waals surface area contributed by atoms with Crippen LogP contribution in [0.1, 0.15) is 39.7 Å². The van der Waals surface area contributed by atoms with Crippen molar-refractivity contribution in [3.05, 3.63) is 42.0 Å². The third kappa shape index (κ3) is 4.09. The molecule has 0 heterocycles. The van der Waals surface area contributed by atoms with E-state index < -0.39 is 0 Å². The predicted molar refractivity (Wildman–Crippen MR) is 73.1 cm³/mol. The average molecular weight is 217 g/mol. The van der Waals surface area contributed by atoms with Gasteiger partial charge in [-0.2, -0.15) is 0 Å². The number of rotatable bonds is 4. The fourth-order valence-corrected chi connectivity index (χ4v) is 1.51. The number of anilines is 1. The predicted octanol–water partition coefficient (Wildman–Crippen LogP) is 4.36. The Morgan fingerprint density at radius 2 is 1.75 bits per heavy atom. The third-order valence-electron chi connectivity index (χ3n) is 2.63. The van der Waals surface area contributed by atoms with E-state index in [1.54, 1.807) is 0 Å². The average Bonchev–Trinajstić information content (AvgIpc) is 2.16. The number of nitrogens with one attached hydrogen (secondary N) is 1. The molecule has 1 aromatic rings. The van der Waals surface area contributed by atoms with Gasteiger partial charge in [0, 0.05) is 12.2 Å². The molecule has 1 rings (SSSR count). The summed E-state index contributed by atoms with van der Waals surface area (Å²) in [4.78, 5) is 0. The zero-order valence-corrected chi connectivity index (χ0v) is 10.9. The molecule has 0 saturated carbocycles. The van der Waals surface area contributed by atoms with Gasteiger partial charge in [0.2, 0.25) is 0 Å². The zero-order chi connectivity index (χ0) is 12.2. The largest absolute Gasteiger partial charge is 0.385 e. The summed E-state index contributed by atoms with van der Waals surface area (Å²) < 4.78 is 0. The number of hydrogen-bond acceptors (Lipinski definition) is 1. The van der Waals surface area contributed by atoms with E-state index >= 15 is 0 Å². The van der Waals surface area contributed by atoms with Crippen LogP contribution in [0.15, 0.2) is 36.4 Å². The van der Waals surface area contributed by atoms with Gasteiger partial charge in [-0.1, -0.05) is 38.5 Å². The molecule has 0 aliphatic carbocycles. The molecule has 1 N–H and O–H groups in total. The first kappa shape index (κ1) is 12.8. The maximum atomic E-state index is 3.89. The molecule has 1 aromatic carbocycles. The van der Waals surface area contributed by atoms with Gasteiger partial charge in [0.15, 0.2) is 0 Å². The highest BCUT2D eigenvalue weighted by atomic mass is 14.9. The van der Waals surface area contributed by atoms with E-state index in [0.29, 0.717) is 0 Å². The topological polar surface area (TPSA) is 12.0 Å². The monoisotopic (exact) mass is 217 g/mol. The molecule has 88 valence electrons. The first-order valence-corrected chi connectivity index (χ1v) is 5.88. The van der Waals surface area contributed by atoms with Gasteiger partial charge in [-0.25, -0.2) is 0 Å². The van der Waals surface area contributed by atoms with Crippen LogP contribution in [0.5, 0.6) is 0 Å². The van der Waals surface area contributed by atoms with Gasteiger partial charge in [0.25, 0.3) is 0 Å². The van der Waals surface area contributed by atoms with Crippen LogP contribution < -0.4 is 5.32 Å². The van der Waals surface area contributed by atoms with Crippen LogP contribution >= 0.6 is 0 Å². The minimum atomic E-state index is 0.232. The molecule has 0 radical (unpaired) electrons. The highest BCUT2D eigenvalue weighted by Gasteiger charge is 2.12. The first-order valence-electron chi connectivity index (χ1n) is 5.88. The molecular weight excluding hydrogens is 194 g/mol. The van der Waals surface area contributed by atoms with Crippen molar-refractivity contribution in [2.24, 2.45) is 0 Å². The molecule has 0 fully saturated rings. The third-order valence-corrected chi connectivity index (χ3v) is 2.63. The van der Waals surface area contributed by atoms with Crippen molar-refractivity contribution >= 4 is 5.69 Å². The SMILES string of the molecule is C=C(C)CCNc1ccc(C(C)(C)C)cc1. The van der Waals surface area contributed by atoms with Crippen molar-refractivity contribution < 1.29 is 0 Å². The molecule has 0 aliphatic heterocycles. The first-order chi connectivity index (χ1) is 7.39. The van der Waals surface area contributed by atoms with Gasteiger partial charge in [-0.05, 0) is 36.5 Å². The van der Waals surface area contributed by atoms with Crippen LogP contribution in [0, 0.1) is 0 Å². The summed E-state index contributed by atoms with van der Waals surface area (Å²) in [6.07, 6.45) is 1.03. The maximum Gasteiger partial charge on any atom is 0.0340 e. The van der Waals surface area contributed by atoms with E-state index in [-0.39, 0.29) is 5.41 Å². The van der Waals surface area contributed by atoms with Crippen LogP contribution in [-0.4, -0.2) is 6.54 Å². The minimum absolute atomic E-state index is 0.232. The fraction of sp³-hybridized carbons (Fsp3) is 0.467. The highest BCUT2D eigenvalue weighted by molar-refractivity contribution is 5.45. The number of hydrogen-bond donors (Lipinski definition) is 1. The van der Waals surface area contributed by atoms with Crippen molar-refractivity contribution in [1.82, 2.24) is 0 Å². The van der Waals surface area contributed by atoms with Crippen molar-refractivity contribution in [3.63, 3.8) is 0 Å². The Kier molecular flexibility index (Phi) is 4.17. The molecule has 0 amide bonds. The van der Waals surface area contributed by atoms with Crippen LogP contribution in [0.3, 0.4) is 0 Å². The second kappa shape index (κ2) is 5.20. The molecule has 0 atom stereocenters. The van der Waals surface area contributed by atoms with E-state index in [0.717, 1.165) is 13.0 Å². The summed E-state index contributed by atoms with van der Waals surface area (Å²) in [6, 6.07) is 8.70. The lowest BCUT2D eigenvalue weighted by Gasteiger charge is -2.19. The second-order valence-electron chi connectivity index (χ2n) is 5.46. The fourth-order valence-electron chi connectivity index (χ4n) is 1.51. The van der Waals surface area contributed by atoms with Crippen LogP contribution in [0.4, 0.5) is 5.69 Å². The Morgan fingerprint density at radius 1 is 1.19 bits per heavy atom. The molecule has 0 saturated heterocycles. The van der Waals surface area contributed by atoms with Gasteiger partial charge in [-0.3, -0.25) is 0 Å². The quantitative estimate of drug-likeness (QED) is 0.739. The van der Waals surface area contributed by atoms with Gasteiger partial charge in [-0.15, -0.1) is 6.58 Å². The smallest absolute Gasteiger partial charge is 0.0340 e. The van der Waals surface area contributed by atoms with Crippen LogP contribution in [0.25, 0.3) is 0 Å². The lowest BCUT2D eigenvalue weighted by atomic mass is 9.87. The summed E-state index contributed by atoms with van der Waals surface area (Å²) in [5.74, 6) is 0. The summed E-state index contributed by atoms with van der Waals surface area (Å²) >= 11 is 0.